The SMILES string of the molecule is [3H]c1csc(OCc2c(I)noc2-n2nnn(C)c2=O)n1. The zero-order valence-electron chi connectivity index (χ0n) is 11.0. The number of tetrazole rings is 1. The highest BCUT2D eigenvalue weighted by Crippen LogP contribution is 2.22. The van der Waals surface area contributed by atoms with E-state index in [-0.39, 0.29) is 18.7 Å². The van der Waals surface area contributed by atoms with Crippen LogP contribution in [0.1, 0.15) is 6.93 Å². The van der Waals surface area contributed by atoms with Crippen molar-refractivity contribution < 1.29 is 10.6 Å². The zero-order chi connectivity index (χ0) is 15.0. The average Bonchev–Trinajstić information content (AvgIpc) is 3.11. The van der Waals surface area contributed by atoms with Crippen LogP contribution < -0.4 is 10.4 Å². The summed E-state index contributed by atoms with van der Waals surface area (Å²) in [5.74, 6) is 0.153. The molecule has 0 unspecified atom stereocenters. The molecule has 0 aliphatic rings. The number of rotatable bonds is 4. The minimum atomic E-state index is -0.452. The van der Waals surface area contributed by atoms with E-state index < -0.39 is 5.69 Å². The van der Waals surface area contributed by atoms with Gasteiger partial charge in [-0.15, -0.1) is 4.68 Å². The van der Waals surface area contributed by atoms with E-state index in [1.807, 2.05) is 22.6 Å². The highest BCUT2D eigenvalue weighted by atomic mass is 127. The van der Waals surface area contributed by atoms with E-state index in [2.05, 4.69) is 20.6 Å². The van der Waals surface area contributed by atoms with Gasteiger partial charge in [0.25, 0.3) is 11.1 Å². The first-order valence-corrected chi connectivity index (χ1v) is 7.20. The Morgan fingerprint density at radius 1 is 1.60 bits per heavy atom. The van der Waals surface area contributed by atoms with Crippen molar-refractivity contribution in [3.63, 3.8) is 0 Å². The number of halogens is 1. The minimum absolute atomic E-state index is 0.0904. The lowest BCUT2D eigenvalue weighted by atomic mass is 10.3. The smallest absolute Gasteiger partial charge is 0.370 e. The molecule has 3 heterocycles. The Morgan fingerprint density at radius 3 is 3.10 bits per heavy atom. The summed E-state index contributed by atoms with van der Waals surface area (Å²) in [5.41, 5.74) is 0.103. The first kappa shape index (κ1) is 12.0. The monoisotopic (exact) mass is 408 g/mol. The fraction of sp³-hybridized carbons (Fsp3) is 0.222. The summed E-state index contributed by atoms with van der Waals surface area (Å²) < 4.78 is 20.6. The summed E-state index contributed by atoms with van der Waals surface area (Å²) >= 11 is 3.18. The van der Waals surface area contributed by atoms with Gasteiger partial charge in [0.15, 0.2) is 3.70 Å². The molecular weight excluding hydrogens is 399 g/mol. The van der Waals surface area contributed by atoms with E-state index in [4.69, 9.17) is 10.6 Å². The standard InChI is InChI=1S/C9H7IN6O3S/c1-15-9(17)16(14-13-15)7-5(6(10)12-19-7)4-18-8-11-2-3-20-8/h2-3H,4H2,1H3/i2T. The number of hydrogen-bond donors (Lipinski definition) is 0. The van der Waals surface area contributed by atoms with Crippen molar-refractivity contribution in [3.05, 3.63) is 31.3 Å². The summed E-state index contributed by atoms with van der Waals surface area (Å²) in [6.07, 6.45) is 0.139. The molecule has 11 heteroatoms. The maximum atomic E-state index is 11.8. The van der Waals surface area contributed by atoms with E-state index in [0.29, 0.717) is 14.5 Å². The normalized spacial score (nSPS) is 11.6. The summed E-state index contributed by atoms with van der Waals surface area (Å²) in [6, 6.07) is 0. The number of ether oxygens (including phenoxy) is 1. The average molecular weight is 408 g/mol. The summed E-state index contributed by atoms with van der Waals surface area (Å²) in [4.78, 5) is 15.7. The highest BCUT2D eigenvalue weighted by Gasteiger charge is 2.20. The Morgan fingerprint density at radius 2 is 2.45 bits per heavy atom. The van der Waals surface area contributed by atoms with Crippen molar-refractivity contribution in [2.45, 2.75) is 6.61 Å². The van der Waals surface area contributed by atoms with Crippen molar-refractivity contribution in [2.24, 2.45) is 7.05 Å². The van der Waals surface area contributed by atoms with Gasteiger partial charge in [-0.05, 0) is 33.0 Å². The molecule has 0 amide bonds. The molecule has 0 fully saturated rings. The van der Waals surface area contributed by atoms with Gasteiger partial charge in [0.05, 0.1) is 6.93 Å². The minimum Gasteiger partial charge on any atom is -0.465 e. The summed E-state index contributed by atoms with van der Waals surface area (Å²) in [6.45, 7) is 0.0904. The molecule has 0 aromatic carbocycles. The molecule has 9 nitrogen and oxygen atoms in total. The van der Waals surface area contributed by atoms with Gasteiger partial charge in [0, 0.05) is 18.6 Å². The van der Waals surface area contributed by atoms with Gasteiger partial charge in [0.1, 0.15) is 6.61 Å². The zero-order valence-corrected chi connectivity index (χ0v) is 13.0. The fourth-order valence-electron chi connectivity index (χ4n) is 1.39. The van der Waals surface area contributed by atoms with Gasteiger partial charge in [-0.2, -0.15) is 4.68 Å². The number of nitrogens with zero attached hydrogens (tertiary/aromatic N) is 6. The molecule has 20 heavy (non-hydrogen) atoms. The molecule has 0 N–H and O–H groups in total. The van der Waals surface area contributed by atoms with Crippen LogP contribution in [0.5, 0.6) is 5.19 Å². The highest BCUT2D eigenvalue weighted by molar-refractivity contribution is 14.1. The molecule has 0 saturated carbocycles. The topological polar surface area (TPSA) is 101 Å². The van der Waals surface area contributed by atoms with Gasteiger partial charge < -0.3 is 9.26 Å². The lowest BCUT2D eigenvalue weighted by Gasteiger charge is -2.01. The molecule has 0 atom stereocenters. The van der Waals surface area contributed by atoms with Gasteiger partial charge >= 0.3 is 5.69 Å². The Balaban J connectivity index is 1.90. The predicted molar refractivity (Wildman–Crippen MR) is 75.8 cm³/mol. The van der Waals surface area contributed by atoms with Crippen LogP contribution in [0.2, 0.25) is 0 Å². The predicted octanol–water partition coefficient (Wildman–Crippen LogP) is 0.594. The van der Waals surface area contributed by atoms with Crippen LogP contribution in [0.25, 0.3) is 5.88 Å². The van der Waals surface area contributed by atoms with Crippen LogP contribution in [0.3, 0.4) is 0 Å². The quantitative estimate of drug-likeness (QED) is 0.583. The molecule has 3 rings (SSSR count). The maximum absolute atomic E-state index is 11.8. The molecule has 104 valence electrons. The van der Waals surface area contributed by atoms with Gasteiger partial charge in [-0.1, -0.05) is 16.5 Å². The largest absolute Gasteiger partial charge is 0.465 e. The van der Waals surface area contributed by atoms with Crippen LogP contribution in [0, 0.1) is 3.70 Å². The molecule has 0 radical (unpaired) electrons. The van der Waals surface area contributed by atoms with Crippen molar-refractivity contribution in [1.29, 1.82) is 0 Å². The van der Waals surface area contributed by atoms with Crippen LogP contribution in [0.4, 0.5) is 0 Å². The van der Waals surface area contributed by atoms with Crippen LogP contribution in [-0.4, -0.2) is 29.9 Å². The number of thiazole rings is 1. The third-order valence-electron chi connectivity index (χ3n) is 2.34. The molecule has 3 aromatic rings. The maximum Gasteiger partial charge on any atom is 0.370 e. The third kappa shape index (κ3) is 2.33. The number of hydrogen-bond acceptors (Lipinski definition) is 8. The molecule has 0 aliphatic heterocycles. The van der Waals surface area contributed by atoms with Crippen molar-refractivity contribution in [1.82, 2.24) is 29.9 Å². The Bertz CT molecular complexity index is 839. The molecular formula is C9H7IN6O3S. The first-order valence-electron chi connectivity index (χ1n) is 5.74. The second-order valence-electron chi connectivity index (χ2n) is 3.59. The van der Waals surface area contributed by atoms with E-state index in [1.54, 1.807) is 5.38 Å². The molecule has 3 aromatic heterocycles. The first-order chi connectivity index (χ1) is 10.1. The van der Waals surface area contributed by atoms with Crippen LogP contribution in [-0.2, 0) is 13.7 Å². The van der Waals surface area contributed by atoms with E-state index >= 15 is 0 Å². The summed E-state index contributed by atoms with van der Waals surface area (Å²) in [7, 11) is 1.48. The third-order valence-corrected chi connectivity index (χ3v) is 3.82. The van der Waals surface area contributed by atoms with E-state index in [9.17, 15) is 4.79 Å². The number of aromatic nitrogens is 6. The van der Waals surface area contributed by atoms with Crippen LogP contribution in [0.15, 0.2) is 20.9 Å². The molecule has 0 saturated heterocycles. The molecule has 0 bridgehead atoms. The lowest BCUT2D eigenvalue weighted by molar-refractivity contribution is 0.300. The Kier molecular flexibility index (Phi) is 3.20. The van der Waals surface area contributed by atoms with Crippen molar-refractivity contribution >= 4 is 33.9 Å². The second kappa shape index (κ2) is 5.32. The van der Waals surface area contributed by atoms with Crippen molar-refractivity contribution in [2.75, 3.05) is 0 Å². The van der Waals surface area contributed by atoms with Gasteiger partial charge in [-0.3, -0.25) is 0 Å². The van der Waals surface area contributed by atoms with Gasteiger partial charge in [0.2, 0.25) is 0 Å². The molecule has 0 aliphatic carbocycles. The van der Waals surface area contributed by atoms with Crippen molar-refractivity contribution in [3.8, 4) is 11.1 Å². The number of aryl methyl sites for hydroxylation is 1. The van der Waals surface area contributed by atoms with Gasteiger partial charge in [-0.25, -0.2) is 9.78 Å². The van der Waals surface area contributed by atoms with E-state index in [0.717, 1.165) is 9.36 Å². The van der Waals surface area contributed by atoms with E-state index in [1.165, 1.54) is 18.4 Å². The second-order valence-corrected chi connectivity index (χ2v) is 5.43. The van der Waals surface area contributed by atoms with Crippen LogP contribution >= 0.6 is 33.9 Å². The fourth-order valence-corrected chi connectivity index (χ4v) is 2.32. The Hall–Kier alpha value is -1.76. The lowest BCUT2D eigenvalue weighted by Crippen LogP contribution is -2.22. The molecule has 0 spiro atoms. The Labute approximate surface area is 130 Å². The summed E-state index contributed by atoms with van der Waals surface area (Å²) in [5, 5.41) is 13.0.